The third kappa shape index (κ3) is 1.93. The summed E-state index contributed by atoms with van der Waals surface area (Å²) in [6, 6.07) is 6.31. The minimum atomic E-state index is -0.444. The van der Waals surface area contributed by atoms with Gasteiger partial charge in [-0.15, -0.1) is 0 Å². The molecule has 0 aliphatic carbocycles. The Labute approximate surface area is 92.6 Å². The van der Waals surface area contributed by atoms with Crippen LogP contribution in [0.1, 0.15) is 0 Å². The summed E-state index contributed by atoms with van der Waals surface area (Å²) >= 11 is 0. The topological polar surface area (TPSA) is 55.0 Å². The SMILES string of the molecule is CN(c1ccc(N)c(F)c1)c1ncccn1. The molecular formula is C11H11FN4. The molecule has 5 heteroatoms. The number of rotatable bonds is 2. The lowest BCUT2D eigenvalue weighted by atomic mass is 10.2. The average Bonchev–Trinajstić information content (AvgIpc) is 2.33. The van der Waals surface area contributed by atoms with Crippen molar-refractivity contribution in [1.82, 2.24) is 9.97 Å². The zero-order chi connectivity index (χ0) is 11.5. The van der Waals surface area contributed by atoms with Crippen molar-refractivity contribution in [3.63, 3.8) is 0 Å². The van der Waals surface area contributed by atoms with Crippen LogP contribution in [0.15, 0.2) is 36.7 Å². The summed E-state index contributed by atoms with van der Waals surface area (Å²) in [6.07, 6.45) is 3.26. The molecule has 0 amide bonds. The van der Waals surface area contributed by atoms with E-state index in [0.717, 1.165) is 0 Å². The Morgan fingerprint density at radius 1 is 1.25 bits per heavy atom. The first-order valence-electron chi connectivity index (χ1n) is 4.74. The third-order valence-electron chi connectivity index (χ3n) is 2.22. The quantitative estimate of drug-likeness (QED) is 0.783. The van der Waals surface area contributed by atoms with Gasteiger partial charge in [-0.25, -0.2) is 14.4 Å². The zero-order valence-electron chi connectivity index (χ0n) is 8.76. The molecule has 0 aliphatic heterocycles. The molecule has 0 fully saturated rings. The maximum absolute atomic E-state index is 13.3. The average molecular weight is 218 g/mol. The Morgan fingerprint density at radius 3 is 2.56 bits per heavy atom. The summed E-state index contributed by atoms with van der Waals surface area (Å²) in [7, 11) is 1.76. The van der Waals surface area contributed by atoms with Gasteiger partial charge in [0.15, 0.2) is 0 Å². The second kappa shape index (κ2) is 4.14. The second-order valence-corrected chi connectivity index (χ2v) is 3.31. The van der Waals surface area contributed by atoms with E-state index in [2.05, 4.69) is 9.97 Å². The van der Waals surface area contributed by atoms with E-state index in [1.807, 2.05) is 0 Å². The minimum Gasteiger partial charge on any atom is -0.396 e. The molecule has 1 heterocycles. The Hall–Kier alpha value is -2.17. The van der Waals surface area contributed by atoms with Gasteiger partial charge in [0.05, 0.1) is 5.69 Å². The smallest absolute Gasteiger partial charge is 0.229 e. The lowest BCUT2D eigenvalue weighted by Crippen LogP contribution is -2.13. The summed E-state index contributed by atoms with van der Waals surface area (Å²) < 4.78 is 13.3. The highest BCUT2D eigenvalue weighted by Gasteiger charge is 2.08. The van der Waals surface area contributed by atoms with Crippen molar-refractivity contribution in [2.75, 3.05) is 17.7 Å². The lowest BCUT2D eigenvalue weighted by molar-refractivity contribution is 0.632. The van der Waals surface area contributed by atoms with Crippen LogP contribution in [0.2, 0.25) is 0 Å². The van der Waals surface area contributed by atoms with Crippen molar-refractivity contribution in [1.29, 1.82) is 0 Å². The predicted molar refractivity (Wildman–Crippen MR) is 60.9 cm³/mol. The molecular weight excluding hydrogens is 207 g/mol. The molecule has 0 spiro atoms. The lowest BCUT2D eigenvalue weighted by Gasteiger charge is -2.16. The number of anilines is 3. The van der Waals surface area contributed by atoms with Crippen molar-refractivity contribution in [3.8, 4) is 0 Å². The van der Waals surface area contributed by atoms with Gasteiger partial charge in [-0.05, 0) is 24.3 Å². The molecule has 2 rings (SSSR count). The van der Waals surface area contributed by atoms with Crippen LogP contribution in [0.25, 0.3) is 0 Å². The predicted octanol–water partition coefficient (Wildman–Crippen LogP) is 1.97. The fraction of sp³-hybridized carbons (Fsp3) is 0.0909. The van der Waals surface area contributed by atoms with E-state index in [0.29, 0.717) is 11.6 Å². The molecule has 1 aromatic heterocycles. The van der Waals surface area contributed by atoms with Crippen LogP contribution >= 0.6 is 0 Å². The van der Waals surface area contributed by atoms with Gasteiger partial charge >= 0.3 is 0 Å². The molecule has 0 aliphatic rings. The van der Waals surface area contributed by atoms with E-state index in [1.54, 1.807) is 36.5 Å². The number of hydrogen-bond acceptors (Lipinski definition) is 4. The molecule has 0 radical (unpaired) electrons. The van der Waals surface area contributed by atoms with Gasteiger partial charge in [-0.2, -0.15) is 0 Å². The highest BCUT2D eigenvalue weighted by molar-refractivity contribution is 5.59. The summed E-state index contributed by atoms with van der Waals surface area (Å²) in [4.78, 5) is 9.82. The first-order valence-corrected chi connectivity index (χ1v) is 4.74. The number of benzene rings is 1. The van der Waals surface area contributed by atoms with Gasteiger partial charge in [-0.3, -0.25) is 0 Å². The zero-order valence-corrected chi connectivity index (χ0v) is 8.76. The van der Waals surface area contributed by atoms with Gasteiger partial charge in [-0.1, -0.05) is 0 Å². The highest BCUT2D eigenvalue weighted by Crippen LogP contribution is 2.22. The summed E-state index contributed by atoms with van der Waals surface area (Å²) in [6.45, 7) is 0. The monoisotopic (exact) mass is 218 g/mol. The molecule has 4 nitrogen and oxygen atoms in total. The first-order chi connectivity index (χ1) is 7.68. The van der Waals surface area contributed by atoms with E-state index in [1.165, 1.54) is 12.1 Å². The van der Waals surface area contributed by atoms with Crippen molar-refractivity contribution >= 4 is 17.3 Å². The highest BCUT2D eigenvalue weighted by atomic mass is 19.1. The number of halogens is 1. The van der Waals surface area contributed by atoms with Crippen LogP contribution in [-0.2, 0) is 0 Å². The Kier molecular flexibility index (Phi) is 2.68. The van der Waals surface area contributed by atoms with Crippen LogP contribution in [0.3, 0.4) is 0 Å². The van der Waals surface area contributed by atoms with Crippen molar-refractivity contribution in [3.05, 3.63) is 42.5 Å². The standard InChI is InChI=1S/C11H11FN4/c1-16(11-14-5-2-6-15-11)8-3-4-10(13)9(12)7-8/h2-7H,13H2,1H3. The molecule has 0 bridgehead atoms. The molecule has 0 saturated heterocycles. The van der Waals surface area contributed by atoms with Gasteiger partial charge < -0.3 is 10.6 Å². The molecule has 2 aromatic rings. The Balaban J connectivity index is 2.34. The number of aromatic nitrogens is 2. The molecule has 0 atom stereocenters. The van der Waals surface area contributed by atoms with Gasteiger partial charge in [0.25, 0.3) is 0 Å². The summed E-state index contributed by atoms with van der Waals surface area (Å²) in [5, 5.41) is 0. The number of nitrogen functional groups attached to an aromatic ring is 1. The normalized spacial score (nSPS) is 10.1. The number of hydrogen-bond donors (Lipinski definition) is 1. The number of nitrogens with zero attached hydrogens (tertiary/aromatic N) is 3. The van der Waals surface area contributed by atoms with Crippen molar-refractivity contribution in [2.45, 2.75) is 0 Å². The molecule has 1 aromatic carbocycles. The second-order valence-electron chi connectivity index (χ2n) is 3.31. The van der Waals surface area contributed by atoms with Crippen LogP contribution in [0.5, 0.6) is 0 Å². The van der Waals surface area contributed by atoms with Crippen molar-refractivity contribution in [2.24, 2.45) is 0 Å². The first kappa shape index (κ1) is 10.4. The van der Waals surface area contributed by atoms with Crippen LogP contribution in [0.4, 0.5) is 21.7 Å². The molecule has 82 valence electrons. The van der Waals surface area contributed by atoms with Crippen molar-refractivity contribution < 1.29 is 4.39 Å². The molecule has 2 N–H and O–H groups in total. The van der Waals surface area contributed by atoms with Gasteiger partial charge in [0.1, 0.15) is 5.82 Å². The summed E-state index contributed by atoms with van der Waals surface area (Å²) in [5.41, 5.74) is 6.18. The minimum absolute atomic E-state index is 0.131. The van der Waals surface area contributed by atoms with E-state index >= 15 is 0 Å². The number of nitrogens with two attached hydrogens (primary N) is 1. The fourth-order valence-corrected chi connectivity index (χ4v) is 1.30. The Bertz CT molecular complexity index is 487. The maximum atomic E-state index is 13.3. The van der Waals surface area contributed by atoms with Gasteiger partial charge in [0, 0.05) is 25.1 Å². The van der Waals surface area contributed by atoms with Crippen LogP contribution in [0, 0.1) is 5.82 Å². The fourth-order valence-electron chi connectivity index (χ4n) is 1.30. The van der Waals surface area contributed by atoms with E-state index in [9.17, 15) is 4.39 Å². The molecule has 0 saturated carbocycles. The largest absolute Gasteiger partial charge is 0.396 e. The maximum Gasteiger partial charge on any atom is 0.229 e. The van der Waals surface area contributed by atoms with E-state index < -0.39 is 5.82 Å². The Morgan fingerprint density at radius 2 is 1.94 bits per heavy atom. The van der Waals surface area contributed by atoms with E-state index in [4.69, 9.17) is 5.73 Å². The molecule has 16 heavy (non-hydrogen) atoms. The van der Waals surface area contributed by atoms with Crippen LogP contribution < -0.4 is 10.6 Å². The van der Waals surface area contributed by atoms with Crippen LogP contribution in [-0.4, -0.2) is 17.0 Å². The molecule has 0 unspecified atom stereocenters. The summed E-state index contributed by atoms with van der Waals surface area (Å²) in [5.74, 6) is 0.0620. The van der Waals surface area contributed by atoms with Gasteiger partial charge in [0.2, 0.25) is 5.95 Å². The van der Waals surface area contributed by atoms with E-state index in [-0.39, 0.29) is 5.69 Å². The third-order valence-corrected chi connectivity index (χ3v) is 2.22.